The minimum atomic E-state index is -0.292. The van der Waals surface area contributed by atoms with Crippen LogP contribution in [0.4, 0.5) is 4.39 Å². The molecule has 4 N–H and O–H groups in total. The van der Waals surface area contributed by atoms with E-state index >= 15 is 0 Å². The zero-order chi connectivity index (χ0) is 15.1. The Hall–Kier alpha value is -2.95. The average Bonchev–Trinajstić information content (AvgIpc) is 2.48. The maximum atomic E-state index is 13.1. The second-order valence-electron chi connectivity index (χ2n) is 4.26. The summed E-state index contributed by atoms with van der Waals surface area (Å²) < 4.78 is 13.1. The number of halogens is 1. The van der Waals surface area contributed by atoms with Gasteiger partial charge in [0, 0.05) is 5.56 Å². The average molecular weight is 282 g/mol. The van der Waals surface area contributed by atoms with Gasteiger partial charge in [0.05, 0.1) is 5.71 Å². The lowest BCUT2D eigenvalue weighted by Gasteiger charge is -2.00. The number of allylic oxidation sites excluding steroid dienone is 1. The molecule has 0 saturated carbocycles. The Bertz CT molecular complexity index is 686. The lowest BCUT2D eigenvalue weighted by Crippen LogP contribution is -2.22. The first-order valence-corrected chi connectivity index (χ1v) is 6.31. The van der Waals surface area contributed by atoms with E-state index in [-0.39, 0.29) is 11.8 Å². The highest BCUT2D eigenvalue weighted by Crippen LogP contribution is 2.08. The fraction of sp³-hybridized carbons (Fsp3) is 0. The predicted molar refractivity (Wildman–Crippen MR) is 84.2 cm³/mol. The van der Waals surface area contributed by atoms with E-state index in [0.717, 1.165) is 11.1 Å². The van der Waals surface area contributed by atoms with Crippen LogP contribution in [0, 0.1) is 5.82 Å². The standard InChI is InChI=1S/C16H15FN4/c17-14-8-4-5-12(11-14)9-10-15(20-21-16(18)19)13-6-2-1-3-7-13/h1-11H,(H4,18,19,21)/b10-9+,20-15-. The molecule has 2 aromatic rings. The van der Waals surface area contributed by atoms with Crippen molar-refractivity contribution in [2.24, 2.45) is 21.7 Å². The molecule has 0 amide bonds. The molecule has 0 spiro atoms. The van der Waals surface area contributed by atoms with E-state index in [9.17, 15) is 4.39 Å². The summed E-state index contributed by atoms with van der Waals surface area (Å²) in [4.78, 5) is 0. The minimum Gasteiger partial charge on any atom is -0.369 e. The van der Waals surface area contributed by atoms with Gasteiger partial charge in [-0.25, -0.2) is 4.39 Å². The van der Waals surface area contributed by atoms with Crippen LogP contribution in [0.25, 0.3) is 6.08 Å². The number of benzene rings is 2. The molecule has 0 fully saturated rings. The van der Waals surface area contributed by atoms with Gasteiger partial charge >= 0.3 is 0 Å². The Balaban J connectivity index is 2.33. The monoisotopic (exact) mass is 282 g/mol. The molecule has 0 aliphatic heterocycles. The SMILES string of the molecule is NC(N)=N/N=C(/C=C/c1cccc(F)c1)c1ccccc1. The van der Waals surface area contributed by atoms with Crippen molar-refractivity contribution < 1.29 is 4.39 Å². The Morgan fingerprint density at radius 2 is 1.71 bits per heavy atom. The first-order chi connectivity index (χ1) is 10.1. The van der Waals surface area contributed by atoms with Crippen molar-refractivity contribution in [3.05, 3.63) is 77.6 Å². The molecule has 0 radical (unpaired) electrons. The molecule has 5 heteroatoms. The summed E-state index contributed by atoms with van der Waals surface area (Å²) >= 11 is 0. The molecule has 2 aromatic carbocycles. The van der Waals surface area contributed by atoms with E-state index < -0.39 is 0 Å². The lowest BCUT2D eigenvalue weighted by molar-refractivity contribution is 0.627. The Labute approximate surface area is 122 Å². The van der Waals surface area contributed by atoms with E-state index in [2.05, 4.69) is 10.2 Å². The van der Waals surface area contributed by atoms with Gasteiger partial charge in [-0.3, -0.25) is 0 Å². The second kappa shape index (κ2) is 7.00. The van der Waals surface area contributed by atoms with E-state index in [1.165, 1.54) is 12.1 Å². The summed E-state index contributed by atoms with van der Waals surface area (Å²) in [5.41, 5.74) is 12.7. The van der Waals surface area contributed by atoms with Gasteiger partial charge in [-0.2, -0.15) is 0 Å². The fourth-order valence-electron chi connectivity index (χ4n) is 1.69. The maximum Gasteiger partial charge on any atom is 0.211 e. The second-order valence-corrected chi connectivity index (χ2v) is 4.26. The number of nitrogens with zero attached hydrogens (tertiary/aromatic N) is 2. The highest BCUT2D eigenvalue weighted by atomic mass is 19.1. The van der Waals surface area contributed by atoms with Gasteiger partial charge in [0.15, 0.2) is 0 Å². The van der Waals surface area contributed by atoms with Gasteiger partial charge in [-0.05, 0) is 23.8 Å². The summed E-state index contributed by atoms with van der Waals surface area (Å²) in [7, 11) is 0. The highest BCUT2D eigenvalue weighted by Gasteiger charge is 1.99. The van der Waals surface area contributed by atoms with Crippen LogP contribution in [0.3, 0.4) is 0 Å². The van der Waals surface area contributed by atoms with Crippen LogP contribution in [0.15, 0.2) is 70.9 Å². The molecule has 0 saturated heterocycles. The van der Waals surface area contributed by atoms with Crippen molar-refractivity contribution >= 4 is 17.7 Å². The molecule has 0 bridgehead atoms. The van der Waals surface area contributed by atoms with Gasteiger partial charge in [-0.1, -0.05) is 48.5 Å². The topological polar surface area (TPSA) is 76.8 Å². The molecule has 21 heavy (non-hydrogen) atoms. The predicted octanol–water partition coefficient (Wildman–Crippen LogP) is 2.52. The zero-order valence-corrected chi connectivity index (χ0v) is 11.3. The Morgan fingerprint density at radius 3 is 2.38 bits per heavy atom. The van der Waals surface area contributed by atoms with E-state index in [0.29, 0.717) is 5.71 Å². The van der Waals surface area contributed by atoms with Crippen LogP contribution in [0.1, 0.15) is 11.1 Å². The van der Waals surface area contributed by atoms with Crippen LogP contribution in [0.2, 0.25) is 0 Å². The summed E-state index contributed by atoms with van der Waals surface area (Å²) in [6.07, 6.45) is 3.48. The van der Waals surface area contributed by atoms with Crippen LogP contribution in [-0.2, 0) is 0 Å². The molecule has 4 nitrogen and oxygen atoms in total. The summed E-state index contributed by atoms with van der Waals surface area (Å²) in [5.74, 6) is -0.415. The molecule has 0 unspecified atom stereocenters. The number of guanidine groups is 1. The summed E-state index contributed by atoms with van der Waals surface area (Å²) in [6, 6.07) is 15.7. The molecule has 0 aliphatic rings. The quantitative estimate of drug-likeness (QED) is 0.513. The third-order valence-electron chi connectivity index (χ3n) is 2.63. The van der Waals surface area contributed by atoms with Gasteiger partial charge < -0.3 is 11.5 Å². The summed E-state index contributed by atoms with van der Waals surface area (Å²) in [5, 5.41) is 7.67. The molecule has 0 atom stereocenters. The molecule has 0 aliphatic carbocycles. The Morgan fingerprint density at radius 1 is 0.952 bits per heavy atom. The first-order valence-electron chi connectivity index (χ1n) is 6.31. The van der Waals surface area contributed by atoms with Crippen molar-refractivity contribution in [1.29, 1.82) is 0 Å². The van der Waals surface area contributed by atoms with Gasteiger partial charge in [0.2, 0.25) is 5.96 Å². The van der Waals surface area contributed by atoms with Crippen LogP contribution in [-0.4, -0.2) is 11.7 Å². The maximum absolute atomic E-state index is 13.1. The van der Waals surface area contributed by atoms with Crippen molar-refractivity contribution in [1.82, 2.24) is 0 Å². The molecule has 2 rings (SSSR count). The van der Waals surface area contributed by atoms with E-state index in [1.807, 2.05) is 30.3 Å². The van der Waals surface area contributed by atoms with Crippen molar-refractivity contribution in [3.8, 4) is 0 Å². The minimum absolute atomic E-state index is 0.123. The van der Waals surface area contributed by atoms with Crippen LogP contribution >= 0.6 is 0 Å². The smallest absolute Gasteiger partial charge is 0.211 e. The van der Waals surface area contributed by atoms with Gasteiger partial charge in [0.1, 0.15) is 5.82 Å². The van der Waals surface area contributed by atoms with E-state index in [4.69, 9.17) is 11.5 Å². The van der Waals surface area contributed by atoms with Crippen LogP contribution < -0.4 is 11.5 Å². The largest absolute Gasteiger partial charge is 0.369 e. The molecule has 0 aromatic heterocycles. The number of rotatable bonds is 4. The zero-order valence-electron chi connectivity index (χ0n) is 11.3. The van der Waals surface area contributed by atoms with Gasteiger partial charge in [-0.15, -0.1) is 10.2 Å². The highest BCUT2D eigenvalue weighted by molar-refractivity contribution is 6.10. The molecular formula is C16H15FN4. The number of nitrogens with two attached hydrogens (primary N) is 2. The number of hydrogen-bond donors (Lipinski definition) is 2. The normalized spacial score (nSPS) is 11.6. The number of hydrogen-bond acceptors (Lipinski definition) is 2. The summed E-state index contributed by atoms with van der Waals surface area (Å²) in [6.45, 7) is 0. The third-order valence-corrected chi connectivity index (χ3v) is 2.63. The first kappa shape index (κ1) is 14.5. The molecular weight excluding hydrogens is 267 g/mol. The molecule has 0 heterocycles. The van der Waals surface area contributed by atoms with Crippen molar-refractivity contribution in [3.63, 3.8) is 0 Å². The lowest BCUT2D eigenvalue weighted by atomic mass is 10.1. The Kier molecular flexibility index (Phi) is 4.82. The van der Waals surface area contributed by atoms with E-state index in [1.54, 1.807) is 24.3 Å². The fourth-order valence-corrected chi connectivity index (χ4v) is 1.69. The third kappa shape index (κ3) is 4.58. The van der Waals surface area contributed by atoms with Gasteiger partial charge in [0.25, 0.3) is 0 Å². The molecule has 106 valence electrons. The van der Waals surface area contributed by atoms with Crippen molar-refractivity contribution in [2.45, 2.75) is 0 Å². The van der Waals surface area contributed by atoms with Crippen LogP contribution in [0.5, 0.6) is 0 Å². The van der Waals surface area contributed by atoms with Crippen molar-refractivity contribution in [2.75, 3.05) is 0 Å².